The van der Waals surface area contributed by atoms with Gasteiger partial charge < -0.3 is 10.2 Å². The molecule has 1 amide bonds. The Morgan fingerprint density at radius 1 is 1.26 bits per heavy atom. The number of aryl methyl sites for hydroxylation is 2. The maximum Gasteiger partial charge on any atom is 0.226 e. The van der Waals surface area contributed by atoms with Crippen LogP contribution in [0.4, 0.5) is 5.69 Å². The first-order valence-corrected chi connectivity index (χ1v) is 7.25. The van der Waals surface area contributed by atoms with Gasteiger partial charge in [0.15, 0.2) is 0 Å². The lowest BCUT2D eigenvalue weighted by Gasteiger charge is -2.21. The molecule has 1 N–H and O–H groups in total. The highest BCUT2D eigenvalue weighted by Crippen LogP contribution is 2.26. The Balaban J connectivity index is 2.02. The van der Waals surface area contributed by atoms with E-state index in [1.54, 1.807) is 4.90 Å². The maximum absolute atomic E-state index is 12.1. The van der Waals surface area contributed by atoms with Crippen LogP contribution < -0.4 is 10.2 Å². The van der Waals surface area contributed by atoms with Gasteiger partial charge in [0.25, 0.3) is 0 Å². The van der Waals surface area contributed by atoms with Gasteiger partial charge >= 0.3 is 0 Å². The molecule has 1 aromatic rings. The van der Waals surface area contributed by atoms with Crippen molar-refractivity contribution in [1.29, 1.82) is 0 Å². The van der Waals surface area contributed by atoms with Crippen molar-refractivity contribution in [2.75, 3.05) is 25.5 Å². The summed E-state index contributed by atoms with van der Waals surface area (Å²) in [6.45, 7) is 0.893. The van der Waals surface area contributed by atoms with E-state index in [-0.39, 0.29) is 5.91 Å². The van der Waals surface area contributed by atoms with E-state index in [0.29, 0.717) is 6.42 Å². The molecule has 0 saturated heterocycles. The third-order valence-corrected chi connectivity index (χ3v) is 3.91. The summed E-state index contributed by atoms with van der Waals surface area (Å²) in [7, 11) is 3.80. The van der Waals surface area contributed by atoms with Crippen LogP contribution in [0.15, 0.2) is 18.2 Å². The molecule has 0 radical (unpaired) electrons. The summed E-state index contributed by atoms with van der Waals surface area (Å²) in [6.07, 6.45) is 6.42. The minimum absolute atomic E-state index is 0.200. The number of hydrogen-bond donors (Lipinski definition) is 1. The zero-order valence-electron chi connectivity index (χ0n) is 12.0. The van der Waals surface area contributed by atoms with E-state index in [1.165, 1.54) is 30.4 Å². The lowest BCUT2D eigenvalue weighted by Crippen LogP contribution is -2.27. The van der Waals surface area contributed by atoms with E-state index in [4.69, 9.17) is 0 Å². The maximum atomic E-state index is 12.1. The van der Waals surface area contributed by atoms with Gasteiger partial charge in [0.05, 0.1) is 0 Å². The number of nitrogens with one attached hydrogen (secondary N) is 1. The standard InChI is InChI=1S/C16H24N2O/c1-17-11-5-8-16(19)18(2)15-10-9-13-6-3-4-7-14(13)12-15/h9-10,12,17H,3-8,11H2,1-2H3. The zero-order chi connectivity index (χ0) is 13.7. The minimum atomic E-state index is 0.200. The van der Waals surface area contributed by atoms with Gasteiger partial charge in [-0.3, -0.25) is 4.79 Å². The number of rotatable bonds is 5. The second-order valence-corrected chi connectivity index (χ2v) is 5.32. The molecule has 0 atom stereocenters. The zero-order valence-corrected chi connectivity index (χ0v) is 12.0. The van der Waals surface area contributed by atoms with Crippen LogP contribution in [0.25, 0.3) is 0 Å². The number of benzene rings is 1. The van der Waals surface area contributed by atoms with Crippen molar-refractivity contribution in [3.63, 3.8) is 0 Å². The van der Waals surface area contributed by atoms with Gasteiger partial charge in [-0.05, 0) is 69.0 Å². The van der Waals surface area contributed by atoms with Crippen LogP contribution >= 0.6 is 0 Å². The summed E-state index contributed by atoms with van der Waals surface area (Å²) in [5.41, 5.74) is 3.93. The highest BCUT2D eigenvalue weighted by Gasteiger charge is 2.14. The quantitative estimate of drug-likeness (QED) is 0.825. The highest BCUT2D eigenvalue weighted by molar-refractivity contribution is 5.92. The van der Waals surface area contributed by atoms with Crippen molar-refractivity contribution in [1.82, 2.24) is 5.32 Å². The fraction of sp³-hybridized carbons (Fsp3) is 0.562. The number of amides is 1. The third kappa shape index (κ3) is 3.57. The largest absolute Gasteiger partial charge is 0.320 e. The molecule has 3 heteroatoms. The molecule has 0 aromatic heterocycles. The molecule has 0 aliphatic heterocycles. The van der Waals surface area contributed by atoms with Gasteiger partial charge in [-0.1, -0.05) is 6.07 Å². The molecule has 1 aliphatic rings. The average molecular weight is 260 g/mol. The molecule has 19 heavy (non-hydrogen) atoms. The summed E-state index contributed by atoms with van der Waals surface area (Å²) in [5.74, 6) is 0.200. The van der Waals surface area contributed by atoms with E-state index >= 15 is 0 Å². The lowest BCUT2D eigenvalue weighted by atomic mass is 9.91. The fourth-order valence-corrected chi connectivity index (χ4v) is 2.66. The minimum Gasteiger partial charge on any atom is -0.320 e. The van der Waals surface area contributed by atoms with Crippen LogP contribution in [0.1, 0.15) is 36.8 Å². The van der Waals surface area contributed by atoms with Gasteiger partial charge in [0.1, 0.15) is 0 Å². The van der Waals surface area contributed by atoms with Crippen LogP contribution in [0.5, 0.6) is 0 Å². The van der Waals surface area contributed by atoms with Crippen molar-refractivity contribution in [3.05, 3.63) is 29.3 Å². The topological polar surface area (TPSA) is 32.3 Å². The fourth-order valence-electron chi connectivity index (χ4n) is 2.66. The van der Waals surface area contributed by atoms with Crippen LogP contribution in [-0.2, 0) is 17.6 Å². The van der Waals surface area contributed by atoms with Crippen LogP contribution in [-0.4, -0.2) is 26.5 Å². The van der Waals surface area contributed by atoms with Gasteiger partial charge in [-0.15, -0.1) is 0 Å². The first-order chi connectivity index (χ1) is 9.22. The summed E-state index contributed by atoms with van der Waals surface area (Å²) in [5, 5.41) is 3.07. The smallest absolute Gasteiger partial charge is 0.226 e. The van der Waals surface area contributed by atoms with Gasteiger partial charge in [-0.2, -0.15) is 0 Å². The summed E-state index contributed by atoms with van der Waals surface area (Å²) in [6, 6.07) is 6.48. The van der Waals surface area contributed by atoms with Crippen molar-refractivity contribution in [2.45, 2.75) is 38.5 Å². The van der Waals surface area contributed by atoms with Gasteiger partial charge in [0.2, 0.25) is 5.91 Å². The highest BCUT2D eigenvalue weighted by atomic mass is 16.2. The van der Waals surface area contributed by atoms with Gasteiger partial charge in [0, 0.05) is 19.2 Å². The van der Waals surface area contributed by atoms with E-state index in [9.17, 15) is 4.79 Å². The molecule has 3 nitrogen and oxygen atoms in total. The Bertz CT molecular complexity index is 442. The average Bonchev–Trinajstić information content (AvgIpc) is 2.46. The van der Waals surface area contributed by atoms with Gasteiger partial charge in [-0.25, -0.2) is 0 Å². The SMILES string of the molecule is CNCCCC(=O)N(C)c1ccc2c(c1)CCCC2. The van der Waals surface area contributed by atoms with E-state index in [0.717, 1.165) is 25.1 Å². The Kier molecular flexibility index (Phi) is 4.97. The Labute approximate surface area is 116 Å². The third-order valence-electron chi connectivity index (χ3n) is 3.91. The Hall–Kier alpha value is -1.35. The second-order valence-electron chi connectivity index (χ2n) is 5.32. The number of nitrogens with zero attached hydrogens (tertiary/aromatic N) is 1. The number of anilines is 1. The predicted octanol–water partition coefficient (Wildman–Crippen LogP) is 2.53. The first kappa shape index (κ1) is 14.1. The second kappa shape index (κ2) is 6.71. The monoisotopic (exact) mass is 260 g/mol. The Morgan fingerprint density at radius 2 is 2.00 bits per heavy atom. The number of fused-ring (bicyclic) bond motifs is 1. The molecule has 1 aromatic carbocycles. The molecule has 1 aliphatic carbocycles. The molecule has 0 heterocycles. The van der Waals surface area contributed by atoms with Crippen molar-refractivity contribution in [2.24, 2.45) is 0 Å². The summed E-state index contributed by atoms with van der Waals surface area (Å²) < 4.78 is 0. The molecule has 0 bridgehead atoms. The van der Waals surface area contributed by atoms with Crippen LogP contribution in [0.2, 0.25) is 0 Å². The van der Waals surface area contributed by atoms with E-state index < -0.39 is 0 Å². The molecule has 0 unspecified atom stereocenters. The predicted molar refractivity (Wildman–Crippen MR) is 79.7 cm³/mol. The lowest BCUT2D eigenvalue weighted by molar-refractivity contribution is -0.118. The molecule has 0 saturated carbocycles. The van der Waals surface area contributed by atoms with Crippen molar-refractivity contribution in [3.8, 4) is 0 Å². The number of carbonyl (C=O) groups is 1. The molecule has 0 spiro atoms. The molecular formula is C16H24N2O. The van der Waals surface area contributed by atoms with E-state index in [2.05, 4.69) is 23.5 Å². The number of carbonyl (C=O) groups excluding carboxylic acids is 1. The van der Waals surface area contributed by atoms with E-state index in [1.807, 2.05) is 14.1 Å². The normalized spacial score (nSPS) is 14.0. The molecule has 104 valence electrons. The van der Waals surface area contributed by atoms with Crippen LogP contribution in [0.3, 0.4) is 0 Å². The molecule has 0 fully saturated rings. The van der Waals surface area contributed by atoms with Crippen molar-refractivity contribution >= 4 is 11.6 Å². The summed E-state index contributed by atoms with van der Waals surface area (Å²) in [4.78, 5) is 13.9. The molecular weight excluding hydrogens is 236 g/mol. The Morgan fingerprint density at radius 3 is 2.74 bits per heavy atom. The molecule has 2 rings (SSSR count). The van der Waals surface area contributed by atoms with Crippen molar-refractivity contribution < 1.29 is 4.79 Å². The van der Waals surface area contributed by atoms with Crippen LogP contribution in [0, 0.1) is 0 Å². The number of hydrogen-bond acceptors (Lipinski definition) is 2. The summed E-state index contributed by atoms with van der Waals surface area (Å²) >= 11 is 0. The first-order valence-electron chi connectivity index (χ1n) is 7.25.